The zero-order chi connectivity index (χ0) is 30.5. The first-order valence-corrected chi connectivity index (χ1v) is 16.0. The summed E-state index contributed by atoms with van der Waals surface area (Å²) in [4.78, 5) is 19.7. The molecule has 0 bridgehead atoms. The zero-order valence-electron chi connectivity index (χ0n) is 24.6. The molecule has 0 atom stereocenters. The molecule has 3 heterocycles. The molecule has 0 amide bonds. The summed E-state index contributed by atoms with van der Waals surface area (Å²) in [7, 11) is 0. The largest absolute Gasteiger partial charge is 0.309 e. The Balaban J connectivity index is 1.20. The maximum atomic E-state index is 4.97. The predicted molar refractivity (Wildman–Crippen MR) is 189 cm³/mol. The molecule has 0 saturated carbocycles. The monoisotopic (exact) mass is 607 g/mol. The van der Waals surface area contributed by atoms with Crippen molar-refractivity contribution in [3.05, 3.63) is 152 Å². The van der Waals surface area contributed by atoms with Crippen LogP contribution in [0.15, 0.2) is 152 Å². The summed E-state index contributed by atoms with van der Waals surface area (Å²) in [6.07, 6.45) is 0. The van der Waals surface area contributed by atoms with Crippen LogP contribution < -0.4 is 0 Å². The molecular formula is C40H25N5S. The van der Waals surface area contributed by atoms with Crippen molar-refractivity contribution in [2.75, 3.05) is 0 Å². The predicted octanol–water partition coefficient (Wildman–Crippen LogP) is 10.2. The van der Waals surface area contributed by atoms with Gasteiger partial charge in [0.25, 0.3) is 0 Å². The van der Waals surface area contributed by atoms with E-state index >= 15 is 0 Å². The topological polar surface area (TPSA) is 56.5 Å². The van der Waals surface area contributed by atoms with Gasteiger partial charge in [-0.05, 0) is 48.5 Å². The second-order valence-electron chi connectivity index (χ2n) is 11.2. The second kappa shape index (κ2) is 10.9. The van der Waals surface area contributed by atoms with Gasteiger partial charge in [0.1, 0.15) is 5.01 Å². The number of rotatable bonds is 5. The van der Waals surface area contributed by atoms with Crippen LogP contribution in [0, 0.1) is 0 Å². The first-order valence-electron chi connectivity index (χ1n) is 15.2. The Morgan fingerprint density at radius 2 is 1.02 bits per heavy atom. The van der Waals surface area contributed by atoms with E-state index in [0.29, 0.717) is 17.5 Å². The van der Waals surface area contributed by atoms with E-state index in [1.165, 1.54) is 15.5 Å². The third kappa shape index (κ3) is 4.55. The second-order valence-corrected chi connectivity index (χ2v) is 12.2. The lowest BCUT2D eigenvalue weighted by atomic mass is 10.1. The van der Waals surface area contributed by atoms with E-state index in [0.717, 1.165) is 49.5 Å². The first kappa shape index (κ1) is 26.4. The number of fused-ring (bicyclic) bond motifs is 4. The first-order chi connectivity index (χ1) is 22.8. The fraction of sp³-hybridized carbons (Fsp3) is 0. The summed E-state index contributed by atoms with van der Waals surface area (Å²) in [6, 6.07) is 52.2. The van der Waals surface area contributed by atoms with Crippen LogP contribution in [0.25, 0.3) is 82.4 Å². The lowest BCUT2D eigenvalue weighted by Crippen LogP contribution is -2.01. The van der Waals surface area contributed by atoms with Gasteiger partial charge in [0.2, 0.25) is 0 Å². The lowest BCUT2D eigenvalue weighted by Gasteiger charge is -2.11. The van der Waals surface area contributed by atoms with E-state index in [2.05, 4.69) is 89.5 Å². The molecule has 216 valence electrons. The molecule has 0 aliphatic heterocycles. The van der Waals surface area contributed by atoms with Crippen LogP contribution in [0.1, 0.15) is 0 Å². The van der Waals surface area contributed by atoms with Gasteiger partial charge in [-0.25, -0.2) is 19.9 Å². The van der Waals surface area contributed by atoms with Gasteiger partial charge in [-0.2, -0.15) is 0 Å². The molecule has 46 heavy (non-hydrogen) atoms. The molecule has 6 aromatic carbocycles. The maximum absolute atomic E-state index is 4.97. The number of benzene rings is 6. The van der Waals surface area contributed by atoms with Crippen molar-refractivity contribution in [3.8, 4) is 50.4 Å². The maximum Gasteiger partial charge on any atom is 0.164 e. The van der Waals surface area contributed by atoms with Crippen LogP contribution in [0.4, 0.5) is 0 Å². The molecule has 0 saturated heterocycles. The fourth-order valence-corrected chi connectivity index (χ4v) is 7.06. The van der Waals surface area contributed by atoms with Gasteiger partial charge in [-0.15, -0.1) is 11.3 Å². The summed E-state index contributed by atoms with van der Waals surface area (Å²) < 4.78 is 3.52. The molecule has 0 aliphatic carbocycles. The molecular weight excluding hydrogens is 583 g/mol. The van der Waals surface area contributed by atoms with Gasteiger partial charge < -0.3 is 4.57 Å². The Morgan fingerprint density at radius 1 is 0.413 bits per heavy atom. The van der Waals surface area contributed by atoms with Gasteiger partial charge in [0.05, 0.1) is 21.3 Å². The Hall–Kier alpha value is -5.98. The molecule has 9 rings (SSSR count). The molecule has 3 aromatic heterocycles. The Bertz CT molecular complexity index is 2440. The van der Waals surface area contributed by atoms with E-state index in [1.54, 1.807) is 11.3 Å². The minimum Gasteiger partial charge on any atom is -0.309 e. The molecule has 5 nitrogen and oxygen atoms in total. The SMILES string of the molecule is c1ccc(-c2nc(-c3ccccc3)nc(-c3cccc(-n4c5ccccc5c5cc(-c6nc7ccccc7s6)ccc54)c3)n2)cc1. The van der Waals surface area contributed by atoms with Crippen LogP contribution in [0.2, 0.25) is 0 Å². The van der Waals surface area contributed by atoms with Gasteiger partial charge in [0.15, 0.2) is 17.5 Å². The average molecular weight is 608 g/mol. The van der Waals surface area contributed by atoms with Crippen molar-refractivity contribution in [2.45, 2.75) is 0 Å². The normalized spacial score (nSPS) is 11.5. The van der Waals surface area contributed by atoms with Crippen LogP contribution in [-0.4, -0.2) is 24.5 Å². The van der Waals surface area contributed by atoms with Crippen molar-refractivity contribution < 1.29 is 0 Å². The summed E-state index contributed by atoms with van der Waals surface area (Å²) >= 11 is 1.73. The van der Waals surface area contributed by atoms with E-state index < -0.39 is 0 Å². The third-order valence-corrected chi connectivity index (χ3v) is 9.36. The molecule has 0 unspecified atom stereocenters. The summed E-state index contributed by atoms with van der Waals surface area (Å²) in [5.74, 6) is 1.93. The highest BCUT2D eigenvalue weighted by atomic mass is 32.1. The minimum atomic E-state index is 0.633. The van der Waals surface area contributed by atoms with Crippen LogP contribution >= 0.6 is 11.3 Å². The van der Waals surface area contributed by atoms with Crippen molar-refractivity contribution >= 4 is 43.4 Å². The zero-order valence-corrected chi connectivity index (χ0v) is 25.4. The van der Waals surface area contributed by atoms with E-state index in [-0.39, 0.29) is 0 Å². The van der Waals surface area contributed by atoms with Crippen molar-refractivity contribution in [3.63, 3.8) is 0 Å². The molecule has 0 radical (unpaired) electrons. The number of hydrogen-bond donors (Lipinski definition) is 0. The minimum absolute atomic E-state index is 0.633. The summed E-state index contributed by atoms with van der Waals surface area (Å²) in [6.45, 7) is 0. The Kier molecular flexibility index (Phi) is 6.25. The van der Waals surface area contributed by atoms with Crippen LogP contribution in [0.3, 0.4) is 0 Å². The average Bonchev–Trinajstić information content (AvgIpc) is 3.72. The van der Waals surface area contributed by atoms with Crippen molar-refractivity contribution in [1.29, 1.82) is 0 Å². The highest BCUT2D eigenvalue weighted by Crippen LogP contribution is 2.37. The highest BCUT2D eigenvalue weighted by molar-refractivity contribution is 7.21. The molecule has 0 fully saturated rings. The number of aromatic nitrogens is 5. The summed E-state index contributed by atoms with van der Waals surface area (Å²) in [5, 5.41) is 3.42. The lowest BCUT2D eigenvalue weighted by molar-refractivity contribution is 1.07. The van der Waals surface area contributed by atoms with Gasteiger partial charge in [-0.3, -0.25) is 0 Å². The van der Waals surface area contributed by atoms with Gasteiger partial charge in [-0.1, -0.05) is 103 Å². The van der Waals surface area contributed by atoms with Crippen LogP contribution in [0.5, 0.6) is 0 Å². The number of thiazole rings is 1. The van der Waals surface area contributed by atoms with Crippen molar-refractivity contribution in [2.24, 2.45) is 0 Å². The number of nitrogens with zero attached hydrogens (tertiary/aromatic N) is 5. The van der Waals surface area contributed by atoms with Crippen LogP contribution in [-0.2, 0) is 0 Å². The van der Waals surface area contributed by atoms with Crippen molar-refractivity contribution in [1.82, 2.24) is 24.5 Å². The van der Waals surface area contributed by atoms with E-state index in [9.17, 15) is 0 Å². The van der Waals surface area contributed by atoms with Gasteiger partial charge in [0, 0.05) is 38.7 Å². The quantitative estimate of drug-likeness (QED) is 0.195. The molecule has 0 spiro atoms. The third-order valence-electron chi connectivity index (χ3n) is 8.28. The standard InChI is InChI=1S/C40H25N5S/c1-3-12-26(13-4-1)37-42-38(27-14-5-2-6-15-27)44-39(43-37)28-16-11-17-30(24-28)45-34-20-9-7-18-31(34)32-25-29(22-23-35(32)45)40-41-33-19-8-10-21-36(33)46-40/h1-25H. The summed E-state index contributed by atoms with van der Waals surface area (Å²) in [5.41, 5.74) is 8.29. The molecule has 9 aromatic rings. The van der Waals surface area contributed by atoms with E-state index in [1.807, 2.05) is 66.7 Å². The molecule has 6 heteroatoms. The Morgan fingerprint density at radius 3 is 1.76 bits per heavy atom. The smallest absolute Gasteiger partial charge is 0.164 e. The number of hydrogen-bond acceptors (Lipinski definition) is 5. The molecule has 0 aliphatic rings. The highest BCUT2D eigenvalue weighted by Gasteiger charge is 2.17. The number of para-hydroxylation sites is 2. The fourth-order valence-electron chi connectivity index (χ4n) is 6.10. The van der Waals surface area contributed by atoms with Gasteiger partial charge >= 0.3 is 0 Å². The molecule has 0 N–H and O–H groups in total. The Labute approximate surface area is 269 Å². The van der Waals surface area contributed by atoms with E-state index in [4.69, 9.17) is 19.9 Å².